The summed E-state index contributed by atoms with van der Waals surface area (Å²) >= 11 is 6.17. The Bertz CT molecular complexity index is 1020. The van der Waals surface area contributed by atoms with Crippen LogP contribution in [-0.2, 0) is 0 Å². The quantitative estimate of drug-likeness (QED) is 0.636. The Balaban J connectivity index is 1.81. The van der Waals surface area contributed by atoms with Gasteiger partial charge in [0.25, 0.3) is 0 Å². The third kappa shape index (κ3) is 3.34. The summed E-state index contributed by atoms with van der Waals surface area (Å²) in [5.74, 6) is 0.751. The number of rotatable bonds is 3. The summed E-state index contributed by atoms with van der Waals surface area (Å²) in [6.45, 7) is 7.84. The predicted octanol–water partition coefficient (Wildman–Crippen LogP) is 4.52. The molecule has 2 N–H and O–H groups in total. The van der Waals surface area contributed by atoms with E-state index in [-0.39, 0.29) is 12.1 Å². The zero-order valence-corrected chi connectivity index (χ0v) is 17.2. The number of fused-ring (bicyclic) bond motifs is 2. The normalized spacial score (nSPS) is 21.8. The molecule has 0 bridgehead atoms. The number of nitrogens with one attached hydrogen (secondary N) is 1. The number of hydrogen-bond donors (Lipinski definition) is 2. The standard InChI is InChI=1S/C22H24ClN3O2/c1-12-9-19(23)26-17-10-15-18(11-14(12)17)28-22(3,4)21(27)20(15)25-13(2)16-7-5-6-8-24-16/h5-11,13,20-21,25,27H,1-4H3. The van der Waals surface area contributed by atoms with Crippen molar-refractivity contribution in [3.05, 3.63) is 64.6 Å². The van der Waals surface area contributed by atoms with Crippen LogP contribution in [0.25, 0.3) is 10.9 Å². The van der Waals surface area contributed by atoms with Gasteiger partial charge in [-0.15, -0.1) is 0 Å². The molecule has 2 aromatic heterocycles. The third-order valence-electron chi connectivity index (χ3n) is 5.41. The fourth-order valence-electron chi connectivity index (χ4n) is 3.81. The van der Waals surface area contributed by atoms with Crippen LogP contribution >= 0.6 is 11.6 Å². The summed E-state index contributed by atoms with van der Waals surface area (Å²) in [6.07, 6.45) is 1.03. The van der Waals surface area contributed by atoms with Crippen LogP contribution in [-0.4, -0.2) is 26.8 Å². The molecule has 146 valence electrons. The van der Waals surface area contributed by atoms with Crippen LogP contribution in [0.5, 0.6) is 5.75 Å². The summed E-state index contributed by atoms with van der Waals surface area (Å²) in [5.41, 5.74) is 2.87. The van der Waals surface area contributed by atoms with Crippen molar-refractivity contribution < 1.29 is 9.84 Å². The van der Waals surface area contributed by atoms with Crippen LogP contribution in [0.1, 0.15) is 49.7 Å². The van der Waals surface area contributed by atoms with Gasteiger partial charge in [0, 0.05) is 23.2 Å². The van der Waals surface area contributed by atoms with E-state index >= 15 is 0 Å². The van der Waals surface area contributed by atoms with Crippen molar-refractivity contribution in [1.29, 1.82) is 0 Å². The summed E-state index contributed by atoms with van der Waals surface area (Å²) in [7, 11) is 0. The molecule has 6 heteroatoms. The lowest BCUT2D eigenvalue weighted by atomic mass is 9.85. The monoisotopic (exact) mass is 397 g/mol. The molecule has 4 rings (SSSR count). The van der Waals surface area contributed by atoms with Crippen LogP contribution < -0.4 is 10.1 Å². The molecule has 3 atom stereocenters. The summed E-state index contributed by atoms with van der Waals surface area (Å²) in [5, 5.41) is 16.0. The van der Waals surface area contributed by atoms with Crippen molar-refractivity contribution in [3.8, 4) is 5.75 Å². The van der Waals surface area contributed by atoms with Crippen LogP contribution in [0.15, 0.2) is 42.6 Å². The smallest absolute Gasteiger partial charge is 0.131 e. The second kappa shape index (κ2) is 6.99. The van der Waals surface area contributed by atoms with Crippen molar-refractivity contribution >= 4 is 22.5 Å². The highest BCUT2D eigenvalue weighted by atomic mass is 35.5. The lowest BCUT2D eigenvalue weighted by molar-refractivity contribution is -0.0662. The molecule has 3 aromatic rings. The van der Waals surface area contributed by atoms with E-state index in [0.29, 0.717) is 5.15 Å². The first-order valence-electron chi connectivity index (χ1n) is 9.41. The first-order valence-corrected chi connectivity index (χ1v) is 9.79. The highest BCUT2D eigenvalue weighted by Gasteiger charge is 2.43. The topological polar surface area (TPSA) is 67.3 Å². The van der Waals surface area contributed by atoms with Crippen LogP contribution in [0.2, 0.25) is 5.15 Å². The summed E-state index contributed by atoms with van der Waals surface area (Å²) in [6, 6.07) is 11.2. The molecule has 0 saturated heterocycles. The van der Waals surface area contributed by atoms with Crippen molar-refractivity contribution in [3.63, 3.8) is 0 Å². The second-order valence-electron chi connectivity index (χ2n) is 7.94. The number of halogens is 1. The number of aryl methyl sites for hydroxylation is 1. The summed E-state index contributed by atoms with van der Waals surface area (Å²) < 4.78 is 6.18. The molecule has 3 heterocycles. The van der Waals surface area contributed by atoms with E-state index in [1.807, 2.05) is 64.1 Å². The van der Waals surface area contributed by atoms with Gasteiger partial charge in [0.15, 0.2) is 0 Å². The molecule has 1 aromatic carbocycles. The molecule has 0 saturated carbocycles. The molecule has 0 amide bonds. The first kappa shape index (κ1) is 19.1. The minimum Gasteiger partial charge on any atom is -0.485 e. The number of hydrogen-bond acceptors (Lipinski definition) is 5. The van der Waals surface area contributed by atoms with Gasteiger partial charge in [-0.05, 0) is 63.6 Å². The molecular weight excluding hydrogens is 374 g/mol. The van der Waals surface area contributed by atoms with Gasteiger partial charge < -0.3 is 9.84 Å². The van der Waals surface area contributed by atoms with Gasteiger partial charge in [-0.1, -0.05) is 17.7 Å². The van der Waals surface area contributed by atoms with Crippen LogP contribution in [0, 0.1) is 6.92 Å². The van der Waals surface area contributed by atoms with Crippen molar-refractivity contribution in [2.24, 2.45) is 0 Å². The Hall–Kier alpha value is -2.21. The van der Waals surface area contributed by atoms with E-state index in [1.54, 1.807) is 6.20 Å². The van der Waals surface area contributed by atoms with Gasteiger partial charge in [-0.2, -0.15) is 0 Å². The Kier molecular flexibility index (Phi) is 4.78. The van der Waals surface area contributed by atoms with E-state index in [2.05, 4.69) is 15.3 Å². The Morgan fingerprint density at radius 1 is 1.25 bits per heavy atom. The minimum atomic E-state index is -0.746. The maximum Gasteiger partial charge on any atom is 0.131 e. The average molecular weight is 398 g/mol. The van der Waals surface area contributed by atoms with Crippen molar-refractivity contribution in [2.45, 2.75) is 51.5 Å². The number of ether oxygens (including phenoxy) is 1. The van der Waals surface area contributed by atoms with E-state index in [1.165, 1.54) is 0 Å². The maximum atomic E-state index is 11.1. The van der Waals surface area contributed by atoms with Crippen molar-refractivity contribution in [2.75, 3.05) is 0 Å². The lowest BCUT2D eigenvalue weighted by Crippen LogP contribution is -2.52. The van der Waals surface area contributed by atoms with E-state index < -0.39 is 11.7 Å². The highest BCUT2D eigenvalue weighted by molar-refractivity contribution is 6.29. The highest BCUT2D eigenvalue weighted by Crippen LogP contribution is 2.43. The molecule has 0 aliphatic carbocycles. The number of nitrogens with zero attached hydrogens (tertiary/aromatic N) is 2. The fourth-order valence-corrected chi connectivity index (χ4v) is 4.07. The molecule has 1 aliphatic rings. The molecule has 0 radical (unpaired) electrons. The number of aromatic nitrogens is 2. The SMILES string of the molecule is Cc1cc(Cl)nc2cc3c(cc12)OC(C)(C)C(O)C3NC(C)c1ccccn1. The Morgan fingerprint density at radius 3 is 2.75 bits per heavy atom. The summed E-state index contributed by atoms with van der Waals surface area (Å²) in [4.78, 5) is 8.90. The van der Waals surface area contributed by atoms with E-state index in [4.69, 9.17) is 16.3 Å². The molecule has 5 nitrogen and oxygen atoms in total. The Labute approximate surface area is 169 Å². The molecule has 1 aliphatic heterocycles. The van der Waals surface area contributed by atoms with E-state index in [0.717, 1.165) is 33.5 Å². The van der Waals surface area contributed by atoms with Crippen LogP contribution in [0.4, 0.5) is 0 Å². The minimum absolute atomic E-state index is 0.0487. The lowest BCUT2D eigenvalue weighted by Gasteiger charge is -2.43. The van der Waals surface area contributed by atoms with Gasteiger partial charge in [0.2, 0.25) is 0 Å². The van der Waals surface area contributed by atoms with Gasteiger partial charge in [-0.25, -0.2) is 4.98 Å². The average Bonchev–Trinajstić information content (AvgIpc) is 2.65. The van der Waals surface area contributed by atoms with Gasteiger partial charge in [0.1, 0.15) is 22.6 Å². The zero-order chi connectivity index (χ0) is 20.1. The molecule has 0 spiro atoms. The molecule has 3 unspecified atom stereocenters. The number of aliphatic hydroxyl groups is 1. The third-order valence-corrected chi connectivity index (χ3v) is 5.61. The van der Waals surface area contributed by atoms with Gasteiger partial charge >= 0.3 is 0 Å². The van der Waals surface area contributed by atoms with Crippen molar-refractivity contribution in [1.82, 2.24) is 15.3 Å². The predicted molar refractivity (Wildman–Crippen MR) is 111 cm³/mol. The van der Waals surface area contributed by atoms with Gasteiger partial charge in [0.05, 0.1) is 17.3 Å². The molecular formula is C22H24ClN3O2. The zero-order valence-electron chi connectivity index (χ0n) is 16.4. The Morgan fingerprint density at radius 2 is 2.04 bits per heavy atom. The van der Waals surface area contributed by atoms with E-state index in [9.17, 15) is 5.11 Å². The van der Waals surface area contributed by atoms with Crippen LogP contribution in [0.3, 0.4) is 0 Å². The van der Waals surface area contributed by atoms with Gasteiger partial charge in [-0.3, -0.25) is 10.3 Å². The molecule has 0 fully saturated rings. The second-order valence-corrected chi connectivity index (χ2v) is 8.33. The first-order chi connectivity index (χ1) is 13.3. The number of benzene rings is 1. The largest absolute Gasteiger partial charge is 0.485 e. The number of aliphatic hydroxyl groups excluding tert-OH is 1. The maximum absolute atomic E-state index is 11.1. The fraction of sp³-hybridized carbons (Fsp3) is 0.364. The number of pyridine rings is 2. The molecule has 28 heavy (non-hydrogen) atoms.